The molecule has 0 aliphatic rings. The molecule has 3 aromatic carbocycles. The van der Waals surface area contributed by atoms with Crippen molar-refractivity contribution in [2.24, 2.45) is 0 Å². The van der Waals surface area contributed by atoms with E-state index in [0.717, 1.165) is 11.3 Å². The summed E-state index contributed by atoms with van der Waals surface area (Å²) < 4.78 is 25.4. The Morgan fingerprint density at radius 2 is 1.63 bits per heavy atom. The Balaban J connectivity index is 1.74. The van der Waals surface area contributed by atoms with Gasteiger partial charge < -0.3 is 14.6 Å². The second-order valence-corrected chi connectivity index (χ2v) is 6.97. The van der Waals surface area contributed by atoms with Gasteiger partial charge in [-0.3, -0.25) is 9.69 Å². The molecule has 0 radical (unpaired) electrons. The van der Waals surface area contributed by atoms with Crippen LogP contribution in [0, 0.1) is 5.82 Å². The third-order valence-corrected chi connectivity index (χ3v) is 4.48. The molecule has 0 amide bonds. The maximum atomic E-state index is 13.4. The molecule has 0 heterocycles. The SMILES string of the molecule is CN(CCC(Oc1cccc(Oc2ccccc2)c1)c1ccc(F)cc1)CC(=O)O. The largest absolute Gasteiger partial charge is 0.486 e. The number of halogens is 1. The molecule has 0 saturated carbocycles. The van der Waals surface area contributed by atoms with E-state index in [9.17, 15) is 9.18 Å². The van der Waals surface area contributed by atoms with Crippen LogP contribution in [0.4, 0.5) is 4.39 Å². The molecule has 5 nitrogen and oxygen atoms in total. The minimum atomic E-state index is -0.887. The van der Waals surface area contributed by atoms with Crippen molar-refractivity contribution < 1.29 is 23.8 Å². The number of likely N-dealkylation sites (N-methyl/N-ethyl adjacent to an activating group) is 1. The van der Waals surface area contributed by atoms with Gasteiger partial charge in [-0.05, 0) is 49.0 Å². The van der Waals surface area contributed by atoms with Gasteiger partial charge in [-0.2, -0.15) is 0 Å². The lowest BCUT2D eigenvalue weighted by molar-refractivity contribution is -0.138. The first kappa shape index (κ1) is 21.3. The van der Waals surface area contributed by atoms with Crippen LogP contribution in [0.2, 0.25) is 0 Å². The first-order valence-corrected chi connectivity index (χ1v) is 9.65. The summed E-state index contributed by atoms with van der Waals surface area (Å²) in [5.41, 5.74) is 0.814. The zero-order chi connectivity index (χ0) is 21.3. The molecule has 1 atom stereocenters. The monoisotopic (exact) mass is 409 g/mol. The molecule has 156 valence electrons. The number of nitrogens with zero attached hydrogens (tertiary/aromatic N) is 1. The first-order valence-electron chi connectivity index (χ1n) is 9.65. The molecule has 3 aromatic rings. The Hall–Kier alpha value is -3.38. The Morgan fingerprint density at radius 1 is 0.967 bits per heavy atom. The van der Waals surface area contributed by atoms with Crippen LogP contribution in [0.3, 0.4) is 0 Å². The molecule has 1 N–H and O–H groups in total. The molecule has 3 rings (SSSR count). The van der Waals surface area contributed by atoms with Gasteiger partial charge in [-0.1, -0.05) is 36.4 Å². The standard InChI is InChI=1S/C24H24FNO4/c1-26(17-24(27)28)15-14-23(18-10-12-19(25)13-11-18)30-22-9-5-8-21(16-22)29-20-6-3-2-4-7-20/h2-13,16,23H,14-15,17H2,1H3,(H,27,28). The molecule has 0 aliphatic carbocycles. The summed E-state index contributed by atoms with van der Waals surface area (Å²) in [5, 5.41) is 8.96. The zero-order valence-electron chi connectivity index (χ0n) is 16.7. The van der Waals surface area contributed by atoms with Crippen molar-refractivity contribution in [3.8, 4) is 17.2 Å². The van der Waals surface area contributed by atoms with Crippen LogP contribution < -0.4 is 9.47 Å². The fourth-order valence-electron chi connectivity index (χ4n) is 3.02. The first-order chi connectivity index (χ1) is 14.5. The van der Waals surface area contributed by atoms with E-state index in [-0.39, 0.29) is 18.5 Å². The molecule has 0 bridgehead atoms. The number of hydrogen-bond donors (Lipinski definition) is 1. The Labute approximate surface area is 175 Å². The van der Waals surface area contributed by atoms with E-state index in [0.29, 0.717) is 24.5 Å². The summed E-state index contributed by atoms with van der Waals surface area (Å²) in [6.07, 6.45) is 0.174. The molecule has 6 heteroatoms. The lowest BCUT2D eigenvalue weighted by Crippen LogP contribution is -2.28. The van der Waals surface area contributed by atoms with Gasteiger partial charge in [0.15, 0.2) is 0 Å². The van der Waals surface area contributed by atoms with E-state index >= 15 is 0 Å². The van der Waals surface area contributed by atoms with Gasteiger partial charge in [-0.15, -0.1) is 0 Å². The molecule has 0 fully saturated rings. The summed E-state index contributed by atoms with van der Waals surface area (Å²) >= 11 is 0. The van der Waals surface area contributed by atoms with Crippen molar-refractivity contribution in [2.75, 3.05) is 20.1 Å². The topological polar surface area (TPSA) is 59.0 Å². The zero-order valence-corrected chi connectivity index (χ0v) is 16.7. The van der Waals surface area contributed by atoms with Crippen LogP contribution in [0.5, 0.6) is 17.2 Å². The molecule has 0 aliphatic heterocycles. The maximum Gasteiger partial charge on any atom is 0.317 e. The van der Waals surface area contributed by atoms with Crippen molar-refractivity contribution >= 4 is 5.97 Å². The fraction of sp³-hybridized carbons (Fsp3) is 0.208. The van der Waals surface area contributed by atoms with Crippen LogP contribution in [-0.4, -0.2) is 36.1 Å². The highest BCUT2D eigenvalue weighted by molar-refractivity contribution is 5.69. The fourth-order valence-corrected chi connectivity index (χ4v) is 3.02. The second-order valence-electron chi connectivity index (χ2n) is 6.97. The summed E-state index contributed by atoms with van der Waals surface area (Å²) in [6, 6.07) is 22.9. The predicted molar refractivity (Wildman–Crippen MR) is 112 cm³/mol. The van der Waals surface area contributed by atoms with Crippen molar-refractivity contribution in [2.45, 2.75) is 12.5 Å². The van der Waals surface area contributed by atoms with Crippen molar-refractivity contribution in [1.82, 2.24) is 4.90 Å². The van der Waals surface area contributed by atoms with E-state index in [4.69, 9.17) is 14.6 Å². The van der Waals surface area contributed by atoms with Crippen LogP contribution in [0.1, 0.15) is 18.1 Å². The average molecular weight is 409 g/mol. The molecule has 0 saturated heterocycles. The van der Waals surface area contributed by atoms with Crippen molar-refractivity contribution in [3.05, 3.63) is 90.2 Å². The van der Waals surface area contributed by atoms with Gasteiger partial charge in [0, 0.05) is 19.0 Å². The minimum absolute atomic E-state index is 0.0590. The summed E-state index contributed by atoms with van der Waals surface area (Å²) in [6.45, 7) is 0.449. The van der Waals surface area contributed by atoms with E-state index in [1.165, 1.54) is 12.1 Å². The van der Waals surface area contributed by atoms with E-state index < -0.39 is 5.97 Å². The Kier molecular flexibility index (Phi) is 7.40. The normalized spacial score (nSPS) is 11.8. The second kappa shape index (κ2) is 10.4. The van der Waals surface area contributed by atoms with Crippen molar-refractivity contribution in [1.29, 1.82) is 0 Å². The summed E-state index contributed by atoms with van der Waals surface area (Å²) in [4.78, 5) is 12.6. The molecule has 30 heavy (non-hydrogen) atoms. The van der Waals surface area contributed by atoms with Crippen LogP contribution in [-0.2, 0) is 4.79 Å². The summed E-state index contributed by atoms with van der Waals surface area (Å²) in [7, 11) is 1.74. The predicted octanol–water partition coefficient (Wildman–Crippen LogP) is 5.14. The maximum absolute atomic E-state index is 13.4. The number of carboxylic acids is 1. The lowest BCUT2D eigenvalue weighted by atomic mass is 10.1. The minimum Gasteiger partial charge on any atom is -0.486 e. The van der Waals surface area contributed by atoms with Crippen molar-refractivity contribution in [3.63, 3.8) is 0 Å². The van der Waals surface area contributed by atoms with E-state index in [1.807, 2.05) is 48.5 Å². The van der Waals surface area contributed by atoms with E-state index in [1.54, 1.807) is 30.1 Å². The summed E-state index contributed by atoms with van der Waals surface area (Å²) in [5.74, 6) is 0.763. The molecule has 0 aromatic heterocycles. The lowest BCUT2D eigenvalue weighted by Gasteiger charge is -2.23. The number of hydrogen-bond acceptors (Lipinski definition) is 4. The van der Waals surface area contributed by atoms with Crippen LogP contribution in [0.25, 0.3) is 0 Å². The highest BCUT2D eigenvalue weighted by Gasteiger charge is 2.16. The number of ether oxygens (including phenoxy) is 2. The third-order valence-electron chi connectivity index (χ3n) is 4.48. The van der Waals surface area contributed by atoms with Gasteiger partial charge in [0.2, 0.25) is 0 Å². The molecular weight excluding hydrogens is 385 g/mol. The van der Waals surface area contributed by atoms with Gasteiger partial charge in [0.25, 0.3) is 0 Å². The highest BCUT2D eigenvalue weighted by Crippen LogP contribution is 2.30. The number of para-hydroxylation sites is 1. The van der Waals surface area contributed by atoms with Gasteiger partial charge in [0.05, 0.1) is 6.54 Å². The van der Waals surface area contributed by atoms with Crippen LogP contribution in [0.15, 0.2) is 78.9 Å². The number of carboxylic acid groups (broad SMARTS) is 1. The number of carbonyl (C=O) groups is 1. The van der Waals surface area contributed by atoms with Gasteiger partial charge in [-0.25, -0.2) is 4.39 Å². The number of aliphatic carboxylic acids is 1. The smallest absolute Gasteiger partial charge is 0.317 e. The Morgan fingerprint density at radius 3 is 2.33 bits per heavy atom. The number of rotatable bonds is 10. The molecule has 1 unspecified atom stereocenters. The van der Waals surface area contributed by atoms with Gasteiger partial charge in [0.1, 0.15) is 29.2 Å². The quantitative estimate of drug-likeness (QED) is 0.502. The van der Waals surface area contributed by atoms with E-state index in [2.05, 4.69) is 0 Å². The highest BCUT2D eigenvalue weighted by atomic mass is 19.1. The molecular formula is C24H24FNO4. The molecule has 0 spiro atoms. The van der Waals surface area contributed by atoms with Crippen LogP contribution >= 0.6 is 0 Å². The Bertz CT molecular complexity index is 947. The number of benzene rings is 3. The van der Waals surface area contributed by atoms with Gasteiger partial charge >= 0.3 is 5.97 Å². The third kappa shape index (κ3) is 6.60. The average Bonchev–Trinajstić information content (AvgIpc) is 2.72.